The van der Waals surface area contributed by atoms with Crippen LogP contribution in [0, 0.1) is 13.8 Å². The summed E-state index contributed by atoms with van der Waals surface area (Å²) in [7, 11) is 0. The lowest BCUT2D eigenvalue weighted by Crippen LogP contribution is -2.28. The van der Waals surface area contributed by atoms with Gasteiger partial charge < -0.3 is 0 Å². The molecule has 96 valence electrons. The van der Waals surface area contributed by atoms with Gasteiger partial charge in [-0.3, -0.25) is 0 Å². The van der Waals surface area contributed by atoms with Gasteiger partial charge in [0, 0.05) is 6.42 Å². The van der Waals surface area contributed by atoms with Crippen molar-refractivity contribution in [2.24, 2.45) is 0 Å². The zero-order valence-corrected chi connectivity index (χ0v) is 13.0. The van der Waals surface area contributed by atoms with Crippen molar-refractivity contribution in [1.29, 1.82) is 0 Å². The highest BCUT2D eigenvalue weighted by Gasteiger charge is 2.35. The molecule has 0 aliphatic carbocycles. The molecule has 0 bridgehead atoms. The van der Waals surface area contributed by atoms with E-state index in [-0.39, 0.29) is 5.41 Å². The first-order chi connectivity index (χ1) is 7.68. The number of rotatable bonds is 3. The fourth-order valence-corrected chi connectivity index (χ4v) is 3.23. The van der Waals surface area contributed by atoms with E-state index >= 15 is 0 Å². The van der Waals surface area contributed by atoms with E-state index in [0.29, 0.717) is 6.42 Å². The smallest absolute Gasteiger partial charge is 0.0837 e. The third kappa shape index (κ3) is 4.05. The lowest BCUT2D eigenvalue weighted by Gasteiger charge is -2.33. The normalized spacial score (nSPS) is 15.7. The molecular formula is C14H19Cl3. The Hall–Kier alpha value is 0.0900. The lowest BCUT2D eigenvalue weighted by molar-refractivity contribution is 0.421. The molecule has 1 atom stereocenters. The molecule has 0 amide bonds. The van der Waals surface area contributed by atoms with Crippen LogP contribution in [-0.2, 0) is 5.41 Å². The van der Waals surface area contributed by atoms with Crippen molar-refractivity contribution >= 4 is 34.8 Å². The summed E-state index contributed by atoms with van der Waals surface area (Å²) in [6, 6.07) is 6.46. The third-order valence-corrected chi connectivity index (χ3v) is 3.80. The largest absolute Gasteiger partial charge is 0.191 e. The molecule has 1 unspecified atom stereocenters. The SMILES string of the molecule is CCC(C)(CC(Cl)(Cl)Cl)c1ccc(C)cc1C. The van der Waals surface area contributed by atoms with Gasteiger partial charge in [-0.1, -0.05) is 72.4 Å². The highest BCUT2D eigenvalue weighted by atomic mass is 35.6. The first kappa shape index (κ1) is 15.1. The van der Waals surface area contributed by atoms with Crippen molar-refractivity contribution in [3.05, 3.63) is 34.9 Å². The molecule has 0 aliphatic heterocycles. The maximum Gasteiger partial charge on any atom is 0.191 e. The standard InChI is InChI=1S/C14H19Cl3/c1-5-13(4,9-14(15,16)17)12-7-6-10(2)8-11(12)3/h6-8H,5,9H2,1-4H3. The summed E-state index contributed by atoms with van der Waals surface area (Å²) in [5, 5.41) is 0. The quantitative estimate of drug-likeness (QED) is 0.624. The second kappa shape index (κ2) is 5.38. The first-order valence-electron chi connectivity index (χ1n) is 5.82. The average molecular weight is 294 g/mol. The molecule has 0 fully saturated rings. The zero-order chi connectivity index (χ0) is 13.3. The van der Waals surface area contributed by atoms with Gasteiger partial charge in [-0.2, -0.15) is 0 Å². The Morgan fingerprint density at radius 3 is 2.12 bits per heavy atom. The number of aryl methyl sites for hydroxylation is 2. The summed E-state index contributed by atoms with van der Waals surface area (Å²) in [5.41, 5.74) is 3.71. The molecule has 17 heavy (non-hydrogen) atoms. The van der Waals surface area contributed by atoms with E-state index in [2.05, 4.69) is 45.9 Å². The Morgan fingerprint density at radius 2 is 1.71 bits per heavy atom. The molecule has 1 rings (SSSR count). The van der Waals surface area contributed by atoms with Crippen LogP contribution < -0.4 is 0 Å². The number of hydrogen-bond acceptors (Lipinski definition) is 0. The van der Waals surface area contributed by atoms with Gasteiger partial charge in [-0.25, -0.2) is 0 Å². The van der Waals surface area contributed by atoms with Crippen LogP contribution in [0.4, 0.5) is 0 Å². The third-order valence-electron chi connectivity index (χ3n) is 3.40. The van der Waals surface area contributed by atoms with Crippen LogP contribution in [0.3, 0.4) is 0 Å². The molecule has 0 saturated heterocycles. The molecule has 0 saturated carbocycles. The zero-order valence-electron chi connectivity index (χ0n) is 10.8. The summed E-state index contributed by atoms with van der Waals surface area (Å²) in [6.45, 7) is 8.51. The van der Waals surface area contributed by atoms with Crippen LogP contribution in [0.15, 0.2) is 18.2 Å². The second-order valence-corrected chi connectivity index (χ2v) is 7.54. The predicted molar refractivity (Wildman–Crippen MR) is 78.5 cm³/mol. The molecule has 0 aliphatic rings. The summed E-state index contributed by atoms with van der Waals surface area (Å²) < 4.78 is -1.21. The van der Waals surface area contributed by atoms with E-state index in [1.807, 2.05) is 0 Å². The minimum absolute atomic E-state index is 0.0942. The molecule has 1 aromatic rings. The summed E-state index contributed by atoms with van der Waals surface area (Å²) in [4.78, 5) is 0. The summed E-state index contributed by atoms with van der Waals surface area (Å²) in [6.07, 6.45) is 1.48. The Balaban J connectivity index is 3.16. The Morgan fingerprint density at radius 1 is 1.12 bits per heavy atom. The van der Waals surface area contributed by atoms with Crippen LogP contribution in [0.2, 0.25) is 0 Å². The Bertz CT molecular complexity index is 393. The van der Waals surface area contributed by atoms with Crippen LogP contribution in [0.1, 0.15) is 43.4 Å². The van der Waals surface area contributed by atoms with E-state index in [0.717, 1.165) is 6.42 Å². The van der Waals surface area contributed by atoms with Gasteiger partial charge in [0.1, 0.15) is 0 Å². The molecular weight excluding hydrogens is 275 g/mol. The Labute approximate surface area is 119 Å². The molecule has 1 aromatic carbocycles. The number of hydrogen-bond donors (Lipinski definition) is 0. The molecule has 3 heteroatoms. The first-order valence-corrected chi connectivity index (χ1v) is 6.96. The maximum atomic E-state index is 5.96. The fraction of sp³-hybridized carbons (Fsp3) is 0.571. The monoisotopic (exact) mass is 292 g/mol. The van der Waals surface area contributed by atoms with Gasteiger partial charge in [0.25, 0.3) is 0 Å². The van der Waals surface area contributed by atoms with E-state index < -0.39 is 3.79 Å². The molecule has 0 spiro atoms. The van der Waals surface area contributed by atoms with E-state index in [1.54, 1.807) is 0 Å². The molecule has 0 nitrogen and oxygen atoms in total. The van der Waals surface area contributed by atoms with Gasteiger partial charge in [0.15, 0.2) is 3.79 Å². The van der Waals surface area contributed by atoms with Crippen molar-refractivity contribution in [3.63, 3.8) is 0 Å². The van der Waals surface area contributed by atoms with E-state index in [9.17, 15) is 0 Å². The van der Waals surface area contributed by atoms with E-state index in [1.165, 1.54) is 16.7 Å². The van der Waals surface area contributed by atoms with Crippen LogP contribution in [-0.4, -0.2) is 3.79 Å². The van der Waals surface area contributed by atoms with E-state index in [4.69, 9.17) is 34.8 Å². The second-order valence-electron chi connectivity index (χ2n) is 5.02. The number of alkyl halides is 3. The minimum atomic E-state index is -1.21. The highest BCUT2D eigenvalue weighted by Crippen LogP contribution is 2.43. The molecule has 0 heterocycles. The lowest BCUT2D eigenvalue weighted by atomic mass is 9.75. The molecule has 0 radical (unpaired) electrons. The molecule has 0 aromatic heterocycles. The Kier molecular flexibility index (Phi) is 4.80. The van der Waals surface area contributed by atoms with Crippen molar-refractivity contribution < 1.29 is 0 Å². The van der Waals surface area contributed by atoms with Gasteiger partial charge in [0.05, 0.1) is 0 Å². The van der Waals surface area contributed by atoms with Gasteiger partial charge in [-0.15, -0.1) is 0 Å². The number of halogens is 3. The average Bonchev–Trinajstić information content (AvgIpc) is 2.14. The van der Waals surface area contributed by atoms with Crippen molar-refractivity contribution in [3.8, 4) is 0 Å². The van der Waals surface area contributed by atoms with Crippen molar-refractivity contribution in [2.75, 3.05) is 0 Å². The van der Waals surface area contributed by atoms with Gasteiger partial charge in [-0.05, 0) is 36.8 Å². The van der Waals surface area contributed by atoms with Crippen molar-refractivity contribution in [1.82, 2.24) is 0 Å². The van der Waals surface area contributed by atoms with Gasteiger partial charge >= 0.3 is 0 Å². The van der Waals surface area contributed by atoms with Crippen LogP contribution in [0.5, 0.6) is 0 Å². The van der Waals surface area contributed by atoms with Crippen LogP contribution in [0.25, 0.3) is 0 Å². The van der Waals surface area contributed by atoms with Gasteiger partial charge in [0.2, 0.25) is 0 Å². The number of benzene rings is 1. The minimum Gasteiger partial charge on any atom is -0.0837 e. The summed E-state index contributed by atoms with van der Waals surface area (Å²) in [5.74, 6) is 0. The van der Waals surface area contributed by atoms with Crippen molar-refractivity contribution in [2.45, 2.75) is 49.7 Å². The summed E-state index contributed by atoms with van der Waals surface area (Å²) >= 11 is 17.9. The highest BCUT2D eigenvalue weighted by molar-refractivity contribution is 6.67. The fourth-order valence-electron chi connectivity index (χ4n) is 2.34. The predicted octanol–water partition coefficient (Wildman–Crippen LogP) is 5.73. The van der Waals surface area contributed by atoms with Crippen LogP contribution >= 0.6 is 34.8 Å². The molecule has 0 N–H and O–H groups in total. The maximum absolute atomic E-state index is 5.96. The topological polar surface area (TPSA) is 0 Å².